The number of aromatic nitrogens is 2. The van der Waals surface area contributed by atoms with Gasteiger partial charge in [0.1, 0.15) is 11.6 Å². The van der Waals surface area contributed by atoms with Gasteiger partial charge in [-0.2, -0.15) is 0 Å². The van der Waals surface area contributed by atoms with Gasteiger partial charge in [0, 0.05) is 17.8 Å². The predicted octanol–water partition coefficient (Wildman–Crippen LogP) is 3.38. The molecule has 4 nitrogen and oxygen atoms in total. The summed E-state index contributed by atoms with van der Waals surface area (Å²) < 4.78 is 5.50. The van der Waals surface area contributed by atoms with E-state index in [4.69, 9.17) is 14.7 Å². The fraction of sp³-hybridized carbons (Fsp3) is 0.412. The average molecular weight is 283 g/mol. The molecule has 0 aliphatic heterocycles. The Hall–Kier alpha value is -2.10. The molecule has 110 valence electrons. The number of benzene rings is 1. The van der Waals surface area contributed by atoms with Gasteiger partial charge in [-0.25, -0.2) is 9.97 Å². The van der Waals surface area contributed by atoms with E-state index < -0.39 is 0 Å². The number of ether oxygens (including phenoxy) is 1. The molecule has 0 fully saturated rings. The van der Waals surface area contributed by atoms with E-state index in [1.165, 1.54) is 16.8 Å². The van der Waals surface area contributed by atoms with Gasteiger partial charge in [0.2, 0.25) is 0 Å². The summed E-state index contributed by atoms with van der Waals surface area (Å²) >= 11 is 0. The minimum atomic E-state index is 0.753. The van der Waals surface area contributed by atoms with Crippen molar-refractivity contribution in [1.82, 2.24) is 9.97 Å². The molecule has 21 heavy (non-hydrogen) atoms. The van der Waals surface area contributed by atoms with Gasteiger partial charge in [-0.1, -0.05) is 6.07 Å². The van der Waals surface area contributed by atoms with E-state index in [9.17, 15) is 0 Å². The quantitative estimate of drug-likeness (QED) is 0.934. The van der Waals surface area contributed by atoms with Crippen molar-refractivity contribution in [3.8, 4) is 17.1 Å². The molecule has 1 aliphatic rings. The third kappa shape index (κ3) is 2.58. The maximum Gasteiger partial charge on any atom is 0.165 e. The first-order valence-corrected chi connectivity index (χ1v) is 7.51. The highest BCUT2D eigenvalue weighted by Gasteiger charge is 2.20. The van der Waals surface area contributed by atoms with Crippen molar-refractivity contribution in [2.24, 2.45) is 0 Å². The Morgan fingerprint density at radius 3 is 2.86 bits per heavy atom. The van der Waals surface area contributed by atoms with Gasteiger partial charge in [-0.05, 0) is 50.8 Å². The van der Waals surface area contributed by atoms with E-state index >= 15 is 0 Å². The van der Waals surface area contributed by atoms with Crippen molar-refractivity contribution < 1.29 is 4.74 Å². The van der Waals surface area contributed by atoms with Gasteiger partial charge in [0.05, 0.1) is 12.7 Å². The van der Waals surface area contributed by atoms with Crippen molar-refractivity contribution in [3.63, 3.8) is 0 Å². The van der Waals surface area contributed by atoms with Crippen LogP contribution >= 0.6 is 0 Å². The lowest BCUT2D eigenvalue weighted by molar-refractivity contribution is 0.416. The molecule has 0 saturated heterocycles. The van der Waals surface area contributed by atoms with Crippen LogP contribution in [0.2, 0.25) is 0 Å². The standard InChI is InChI=1S/C17H21N3O/c1-4-18-16-12-6-5-7-14(12)19-17(20-16)13-9-8-11(2)10-15(13)21-3/h8-10H,4-7H2,1-3H3,(H,18,19,20). The van der Waals surface area contributed by atoms with Crippen molar-refractivity contribution in [3.05, 3.63) is 35.0 Å². The SMILES string of the molecule is CCNc1nc(-c2ccc(C)cc2OC)nc2c1CCC2. The Balaban J connectivity index is 2.13. The molecule has 1 aliphatic carbocycles. The Morgan fingerprint density at radius 2 is 2.10 bits per heavy atom. The monoisotopic (exact) mass is 283 g/mol. The zero-order chi connectivity index (χ0) is 14.8. The molecule has 0 spiro atoms. The minimum Gasteiger partial charge on any atom is -0.496 e. The molecule has 1 aromatic carbocycles. The molecule has 1 heterocycles. The number of aryl methyl sites for hydroxylation is 2. The molecule has 0 unspecified atom stereocenters. The van der Waals surface area contributed by atoms with Crippen LogP contribution in [-0.2, 0) is 12.8 Å². The summed E-state index contributed by atoms with van der Waals surface area (Å²) in [7, 11) is 1.69. The van der Waals surface area contributed by atoms with Crippen LogP contribution in [0.25, 0.3) is 11.4 Å². The third-order valence-electron chi connectivity index (χ3n) is 3.88. The number of hydrogen-bond acceptors (Lipinski definition) is 4. The molecule has 1 N–H and O–H groups in total. The van der Waals surface area contributed by atoms with E-state index in [0.717, 1.165) is 48.8 Å². The zero-order valence-electron chi connectivity index (χ0n) is 12.9. The second-order valence-electron chi connectivity index (χ2n) is 5.41. The maximum atomic E-state index is 5.50. The van der Waals surface area contributed by atoms with Gasteiger partial charge >= 0.3 is 0 Å². The molecular weight excluding hydrogens is 262 g/mol. The van der Waals surface area contributed by atoms with Crippen LogP contribution in [0.3, 0.4) is 0 Å². The Bertz CT molecular complexity index is 667. The summed E-state index contributed by atoms with van der Waals surface area (Å²) in [5.41, 5.74) is 4.59. The summed E-state index contributed by atoms with van der Waals surface area (Å²) in [5.74, 6) is 2.57. The van der Waals surface area contributed by atoms with E-state index in [1.54, 1.807) is 7.11 Å². The third-order valence-corrected chi connectivity index (χ3v) is 3.88. The van der Waals surface area contributed by atoms with Crippen LogP contribution < -0.4 is 10.1 Å². The molecule has 0 saturated carbocycles. The first-order valence-electron chi connectivity index (χ1n) is 7.51. The number of fused-ring (bicyclic) bond motifs is 1. The lowest BCUT2D eigenvalue weighted by atomic mass is 10.1. The molecule has 0 bridgehead atoms. The van der Waals surface area contributed by atoms with Crippen molar-refractivity contribution in [2.75, 3.05) is 19.0 Å². The molecule has 4 heteroatoms. The molecule has 0 radical (unpaired) electrons. The van der Waals surface area contributed by atoms with Crippen molar-refractivity contribution in [1.29, 1.82) is 0 Å². The lowest BCUT2D eigenvalue weighted by Crippen LogP contribution is -2.07. The van der Waals surface area contributed by atoms with Crippen molar-refractivity contribution in [2.45, 2.75) is 33.1 Å². The van der Waals surface area contributed by atoms with E-state index in [-0.39, 0.29) is 0 Å². The fourth-order valence-electron chi connectivity index (χ4n) is 2.85. The number of nitrogens with zero attached hydrogens (tertiary/aromatic N) is 2. The van der Waals surface area contributed by atoms with Crippen LogP contribution in [0.4, 0.5) is 5.82 Å². The first kappa shape index (κ1) is 13.9. The van der Waals surface area contributed by atoms with Crippen LogP contribution in [0.1, 0.15) is 30.2 Å². The summed E-state index contributed by atoms with van der Waals surface area (Å²) in [5, 5.41) is 3.37. The maximum absolute atomic E-state index is 5.50. The average Bonchev–Trinajstić information content (AvgIpc) is 2.96. The highest BCUT2D eigenvalue weighted by atomic mass is 16.5. The summed E-state index contributed by atoms with van der Waals surface area (Å²) in [6.07, 6.45) is 3.28. The van der Waals surface area contributed by atoms with Crippen LogP contribution in [0, 0.1) is 6.92 Å². The van der Waals surface area contributed by atoms with Gasteiger partial charge in [0.25, 0.3) is 0 Å². The lowest BCUT2D eigenvalue weighted by Gasteiger charge is -2.13. The Kier molecular flexibility index (Phi) is 3.78. The summed E-state index contributed by atoms with van der Waals surface area (Å²) in [6.45, 7) is 5.02. The molecule has 2 aromatic rings. The molecule has 0 atom stereocenters. The number of rotatable bonds is 4. The minimum absolute atomic E-state index is 0.753. The second-order valence-corrected chi connectivity index (χ2v) is 5.41. The number of nitrogens with one attached hydrogen (secondary N) is 1. The molecule has 1 aromatic heterocycles. The van der Waals surface area contributed by atoms with Gasteiger partial charge in [0.15, 0.2) is 5.82 Å². The molecule has 0 amide bonds. The predicted molar refractivity (Wildman–Crippen MR) is 84.9 cm³/mol. The van der Waals surface area contributed by atoms with Gasteiger partial charge < -0.3 is 10.1 Å². The zero-order valence-corrected chi connectivity index (χ0v) is 12.9. The van der Waals surface area contributed by atoms with Crippen LogP contribution in [0.15, 0.2) is 18.2 Å². The topological polar surface area (TPSA) is 47.0 Å². The second kappa shape index (κ2) is 5.72. The number of anilines is 1. The molecule has 3 rings (SSSR count). The summed E-state index contributed by atoms with van der Waals surface area (Å²) in [4.78, 5) is 9.51. The Labute approximate surface area is 125 Å². The van der Waals surface area contributed by atoms with Crippen LogP contribution in [0.5, 0.6) is 5.75 Å². The Morgan fingerprint density at radius 1 is 1.24 bits per heavy atom. The normalized spacial score (nSPS) is 13.1. The van der Waals surface area contributed by atoms with E-state index in [1.807, 2.05) is 12.1 Å². The first-order chi connectivity index (χ1) is 10.2. The summed E-state index contributed by atoms with van der Waals surface area (Å²) in [6, 6.07) is 6.14. The van der Waals surface area contributed by atoms with Gasteiger partial charge in [-0.3, -0.25) is 0 Å². The van der Waals surface area contributed by atoms with E-state index in [2.05, 4.69) is 25.2 Å². The fourth-order valence-corrected chi connectivity index (χ4v) is 2.85. The highest BCUT2D eigenvalue weighted by Crippen LogP contribution is 2.33. The highest BCUT2D eigenvalue weighted by molar-refractivity contribution is 5.67. The van der Waals surface area contributed by atoms with Crippen LogP contribution in [-0.4, -0.2) is 23.6 Å². The number of hydrogen-bond donors (Lipinski definition) is 1. The van der Waals surface area contributed by atoms with E-state index in [0.29, 0.717) is 0 Å². The molecular formula is C17H21N3O. The van der Waals surface area contributed by atoms with Gasteiger partial charge in [-0.15, -0.1) is 0 Å². The smallest absolute Gasteiger partial charge is 0.165 e. The largest absolute Gasteiger partial charge is 0.496 e. The number of methoxy groups -OCH3 is 1. The van der Waals surface area contributed by atoms with Crippen molar-refractivity contribution >= 4 is 5.82 Å².